The van der Waals surface area contributed by atoms with Crippen molar-refractivity contribution in [3.05, 3.63) is 40.9 Å². The van der Waals surface area contributed by atoms with Crippen molar-refractivity contribution in [2.75, 3.05) is 13.1 Å². The van der Waals surface area contributed by atoms with Gasteiger partial charge in [-0.05, 0) is 6.92 Å². The number of carbonyl (C=O) groups excluding carboxylic acids is 1. The number of rotatable bonds is 7. The molecule has 0 saturated heterocycles. The molecule has 108 valence electrons. The summed E-state index contributed by atoms with van der Waals surface area (Å²) in [5, 5.41) is 12.2. The lowest BCUT2D eigenvalue weighted by Gasteiger charge is -2.19. The zero-order valence-corrected chi connectivity index (χ0v) is 12.1. The molecule has 0 radical (unpaired) electrons. The highest BCUT2D eigenvalue weighted by Gasteiger charge is 2.15. The summed E-state index contributed by atoms with van der Waals surface area (Å²) in [6.07, 6.45) is 3.25. The molecule has 0 aliphatic heterocycles. The summed E-state index contributed by atoms with van der Waals surface area (Å²) < 4.78 is 0. The molecule has 0 saturated carbocycles. The largest absolute Gasteiger partial charge is 0.477 e. The molecule has 0 fully saturated rings. The molecule has 2 N–H and O–H groups in total. The van der Waals surface area contributed by atoms with Gasteiger partial charge >= 0.3 is 12.0 Å². The van der Waals surface area contributed by atoms with Gasteiger partial charge in [0.1, 0.15) is 9.88 Å². The lowest BCUT2D eigenvalue weighted by atomic mass is 10.4. The summed E-state index contributed by atoms with van der Waals surface area (Å²) in [5.41, 5.74) is 0.459. The zero-order valence-electron chi connectivity index (χ0n) is 11.3. The average molecular weight is 295 g/mol. The van der Waals surface area contributed by atoms with Gasteiger partial charge in [0, 0.05) is 13.1 Å². The minimum absolute atomic E-state index is 0.197. The van der Waals surface area contributed by atoms with Crippen LogP contribution in [0.1, 0.15) is 20.4 Å². The molecule has 1 rings (SSSR count). The van der Waals surface area contributed by atoms with Crippen LogP contribution < -0.4 is 5.32 Å². The SMILES string of the molecule is C=CCN(CC=C)C(=O)NCc1nc(C)c(C(=O)O)s1. The lowest BCUT2D eigenvalue weighted by molar-refractivity contribution is 0.0701. The molecule has 1 aromatic heterocycles. The normalized spacial score (nSPS) is 9.85. The van der Waals surface area contributed by atoms with E-state index in [4.69, 9.17) is 5.11 Å². The van der Waals surface area contributed by atoms with Gasteiger partial charge in [-0.3, -0.25) is 0 Å². The molecule has 0 aliphatic carbocycles. The second-order valence-corrected chi connectivity index (χ2v) is 5.05. The van der Waals surface area contributed by atoms with Crippen LogP contribution in [0.3, 0.4) is 0 Å². The van der Waals surface area contributed by atoms with Crippen molar-refractivity contribution in [3.8, 4) is 0 Å². The van der Waals surface area contributed by atoms with Gasteiger partial charge in [-0.2, -0.15) is 0 Å². The Labute approximate surface area is 121 Å². The number of hydrogen-bond donors (Lipinski definition) is 2. The summed E-state index contributed by atoms with van der Waals surface area (Å²) in [6.45, 7) is 9.82. The fourth-order valence-corrected chi connectivity index (χ4v) is 2.38. The van der Waals surface area contributed by atoms with Crippen LogP contribution in [0.4, 0.5) is 4.79 Å². The number of nitrogens with zero attached hydrogens (tertiary/aromatic N) is 2. The van der Waals surface area contributed by atoms with E-state index in [1.807, 2.05) is 0 Å². The van der Waals surface area contributed by atoms with Crippen LogP contribution in [0, 0.1) is 6.92 Å². The second kappa shape index (κ2) is 7.44. The van der Waals surface area contributed by atoms with Crippen LogP contribution in [0.25, 0.3) is 0 Å². The van der Waals surface area contributed by atoms with Gasteiger partial charge in [0.2, 0.25) is 0 Å². The van der Waals surface area contributed by atoms with Gasteiger partial charge in [-0.15, -0.1) is 24.5 Å². The predicted molar refractivity (Wildman–Crippen MR) is 78.0 cm³/mol. The summed E-state index contributed by atoms with van der Waals surface area (Å²) in [7, 11) is 0. The van der Waals surface area contributed by atoms with Crippen LogP contribution >= 0.6 is 11.3 Å². The number of urea groups is 1. The third-order valence-corrected chi connectivity index (χ3v) is 3.56. The Balaban J connectivity index is 2.63. The van der Waals surface area contributed by atoms with Gasteiger partial charge < -0.3 is 15.3 Å². The van der Waals surface area contributed by atoms with Crippen molar-refractivity contribution in [1.82, 2.24) is 15.2 Å². The average Bonchev–Trinajstić information content (AvgIpc) is 2.77. The molecule has 0 atom stereocenters. The Morgan fingerprint density at radius 3 is 2.45 bits per heavy atom. The number of carboxylic acids is 1. The summed E-state index contributed by atoms with van der Waals surface area (Å²) in [5.74, 6) is -1.00. The maximum absolute atomic E-state index is 11.9. The van der Waals surface area contributed by atoms with Crippen molar-refractivity contribution in [2.24, 2.45) is 0 Å². The first-order valence-corrected chi connectivity index (χ1v) is 6.75. The Bertz CT molecular complexity index is 515. The second-order valence-electron chi connectivity index (χ2n) is 3.97. The Morgan fingerprint density at radius 2 is 2.00 bits per heavy atom. The number of thiazole rings is 1. The summed E-state index contributed by atoms with van der Waals surface area (Å²) >= 11 is 1.06. The quantitative estimate of drug-likeness (QED) is 0.754. The topological polar surface area (TPSA) is 82.5 Å². The standard InChI is InChI=1S/C13H17N3O3S/c1-4-6-16(7-5-2)13(19)14-8-10-15-9(3)11(20-10)12(17)18/h4-5H,1-2,6-8H2,3H3,(H,14,19)(H,17,18). The van der Waals surface area contributed by atoms with Crippen LogP contribution in [0.5, 0.6) is 0 Å². The number of carbonyl (C=O) groups is 2. The smallest absolute Gasteiger partial charge is 0.347 e. The molecule has 0 unspecified atom stereocenters. The molecule has 2 amide bonds. The Hall–Kier alpha value is -2.15. The van der Waals surface area contributed by atoms with E-state index in [-0.39, 0.29) is 17.5 Å². The molecular weight excluding hydrogens is 278 g/mol. The molecule has 0 aromatic carbocycles. The van der Waals surface area contributed by atoms with Gasteiger partial charge in [0.15, 0.2) is 0 Å². The predicted octanol–water partition coefficient (Wildman–Crippen LogP) is 2.03. The van der Waals surface area contributed by atoms with E-state index in [9.17, 15) is 9.59 Å². The fourth-order valence-electron chi connectivity index (χ4n) is 1.54. The van der Waals surface area contributed by atoms with Crippen molar-refractivity contribution in [2.45, 2.75) is 13.5 Å². The van der Waals surface area contributed by atoms with E-state index >= 15 is 0 Å². The van der Waals surface area contributed by atoms with Crippen molar-refractivity contribution in [1.29, 1.82) is 0 Å². The van der Waals surface area contributed by atoms with E-state index in [0.717, 1.165) is 11.3 Å². The van der Waals surface area contributed by atoms with Crippen molar-refractivity contribution in [3.63, 3.8) is 0 Å². The highest BCUT2D eigenvalue weighted by Crippen LogP contribution is 2.17. The number of carboxylic acid groups (broad SMARTS) is 1. The number of nitrogens with one attached hydrogen (secondary N) is 1. The Morgan fingerprint density at radius 1 is 1.40 bits per heavy atom. The minimum Gasteiger partial charge on any atom is -0.477 e. The number of amides is 2. The van der Waals surface area contributed by atoms with E-state index in [0.29, 0.717) is 23.8 Å². The van der Waals surface area contributed by atoms with Crippen molar-refractivity contribution >= 4 is 23.3 Å². The monoisotopic (exact) mass is 295 g/mol. The molecule has 1 aromatic rings. The van der Waals surface area contributed by atoms with Crippen LogP contribution in [0.2, 0.25) is 0 Å². The zero-order chi connectivity index (χ0) is 15.1. The first kappa shape index (κ1) is 15.9. The number of aromatic nitrogens is 1. The molecule has 6 nitrogen and oxygen atoms in total. The highest BCUT2D eigenvalue weighted by molar-refractivity contribution is 7.13. The van der Waals surface area contributed by atoms with Gasteiger partial charge in [-0.1, -0.05) is 12.2 Å². The molecule has 20 heavy (non-hydrogen) atoms. The highest BCUT2D eigenvalue weighted by atomic mass is 32.1. The molecular formula is C13H17N3O3S. The van der Waals surface area contributed by atoms with Crippen LogP contribution in [-0.2, 0) is 6.54 Å². The third-order valence-electron chi connectivity index (χ3n) is 2.41. The fraction of sp³-hybridized carbons (Fsp3) is 0.308. The molecule has 0 aliphatic rings. The van der Waals surface area contributed by atoms with Crippen LogP contribution in [-0.4, -0.2) is 40.1 Å². The number of hydrogen-bond acceptors (Lipinski definition) is 4. The Kier molecular flexibility index (Phi) is 5.92. The van der Waals surface area contributed by atoms with Crippen LogP contribution in [0.15, 0.2) is 25.3 Å². The molecule has 0 bridgehead atoms. The molecule has 7 heteroatoms. The van der Waals surface area contributed by atoms with E-state index < -0.39 is 5.97 Å². The van der Waals surface area contributed by atoms with Gasteiger partial charge in [0.25, 0.3) is 0 Å². The van der Waals surface area contributed by atoms with E-state index in [1.165, 1.54) is 4.90 Å². The molecule has 1 heterocycles. The number of aromatic carboxylic acids is 1. The van der Waals surface area contributed by atoms with Crippen molar-refractivity contribution < 1.29 is 14.7 Å². The third kappa shape index (κ3) is 4.20. The lowest BCUT2D eigenvalue weighted by Crippen LogP contribution is -2.39. The van der Waals surface area contributed by atoms with Gasteiger partial charge in [-0.25, -0.2) is 14.6 Å². The van der Waals surface area contributed by atoms with E-state index in [2.05, 4.69) is 23.5 Å². The maximum atomic E-state index is 11.9. The first-order valence-electron chi connectivity index (χ1n) is 5.93. The van der Waals surface area contributed by atoms with E-state index in [1.54, 1.807) is 19.1 Å². The summed E-state index contributed by atoms with van der Waals surface area (Å²) in [6, 6.07) is -0.269. The minimum atomic E-state index is -1.00. The first-order chi connectivity index (χ1) is 9.49. The molecule has 0 spiro atoms. The maximum Gasteiger partial charge on any atom is 0.347 e. The van der Waals surface area contributed by atoms with Gasteiger partial charge in [0.05, 0.1) is 12.2 Å². The summed E-state index contributed by atoms with van der Waals surface area (Å²) in [4.78, 5) is 28.6. The number of aryl methyl sites for hydroxylation is 1.